The van der Waals surface area contributed by atoms with Gasteiger partial charge in [0.15, 0.2) is 0 Å². The van der Waals surface area contributed by atoms with Crippen LogP contribution < -0.4 is 21.9 Å². The van der Waals surface area contributed by atoms with Crippen LogP contribution in [0.3, 0.4) is 0 Å². The molecule has 0 bridgehead atoms. The molecule has 0 spiro atoms. The summed E-state index contributed by atoms with van der Waals surface area (Å²) in [6, 6.07) is 9.98. The molecule has 3 amide bonds. The van der Waals surface area contributed by atoms with Gasteiger partial charge in [-0.2, -0.15) is 0 Å². The summed E-state index contributed by atoms with van der Waals surface area (Å²) >= 11 is 1.49. The molecule has 3 heterocycles. The van der Waals surface area contributed by atoms with Crippen LogP contribution in [0.25, 0.3) is 21.1 Å². The average Bonchev–Trinajstić information content (AvgIpc) is 3.64. The molecule has 0 unspecified atom stereocenters. The van der Waals surface area contributed by atoms with Crippen molar-refractivity contribution in [2.45, 2.75) is 58.2 Å². The summed E-state index contributed by atoms with van der Waals surface area (Å²) in [7, 11) is 0. The number of urea groups is 1. The SMILES string of the molecule is CC(C)n1c(=O)n(CC2CC2)c(=O)c2cc(NC(=O)N3CCC[C@@H](NC(=O)c4ccc5ncsc5c4)C3)ccc21. The Bertz CT molecular complexity index is 1730. The van der Waals surface area contributed by atoms with E-state index in [1.54, 1.807) is 39.2 Å². The van der Waals surface area contributed by atoms with Crippen molar-refractivity contribution in [2.24, 2.45) is 5.92 Å². The predicted octanol–water partition coefficient (Wildman–Crippen LogP) is 4.19. The van der Waals surface area contributed by atoms with Gasteiger partial charge in [-0.25, -0.2) is 14.6 Å². The fourth-order valence-corrected chi connectivity index (χ4v) is 6.14. The Morgan fingerprint density at radius 1 is 1.10 bits per heavy atom. The van der Waals surface area contributed by atoms with Crippen molar-refractivity contribution in [1.82, 2.24) is 24.3 Å². The number of thiazole rings is 1. The molecule has 1 aliphatic heterocycles. The Kier molecular flexibility index (Phi) is 6.91. The van der Waals surface area contributed by atoms with Crippen LogP contribution in [0.4, 0.5) is 10.5 Å². The Morgan fingerprint density at radius 3 is 2.70 bits per heavy atom. The number of rotatable bonds is 6. The third-order valence-electron chi connectivity index (χ3n) is 7.71. The molecule has 2 aliphatic rings. The maximum Gasteiger partial charge on any atom is 0.331 e. The normalized spacial score (nSPS) is 17.5. The Labute approximate surface area is 234 Å². The molecule has 1 aliphatic carbocycles. The van der Waals surface area contributed by atoms with Gasteiger partial charge >= 0.3 is 11.7 Å². The quantitative estimate of drug-likeness (QED) is 0.367. The highest BCUT2D eigenvalue weighted by Gasteiger charge is 2.27. The molecule has 2 N–H and O–H groups in total. The first-order valence-electron chi connectivity index (χ1n) is 13.8. The highest BCUT2D eigenvalue weighted by molar-refractivity contribution is 7.16. The smallest absolute Gasteiger partial charge is 0.331 e. The molecule has 6 rings (SSSR count). The Balaban J connectivity index is 1.18. The maximum atomic E-state index is 13.3. The lowest BCUT2D eigenvalue weighted by Gasteiger charge is -2.33. The zero-order valence-corrected chi connectivity index (χ0v) is 23.4. The fourth-order valence-electron chi connectivity index (χ4n) is 5.43. The molecule has 0 radical (unpaired) electrons. The highest BCUT2D eigenvalue weighted by atomic mass is 32.1. The predicted molar refractivity (Wildman–Crippen MR) is 156 cm³/mol. The van der Waals surface area contributed by atoms with E-state index in [1.807, 2.05) is 26.0 Å². The van der Waals surface area contributed by atoms with Gasteiger partial charge in [0.2, 0.25) is 0 Å². The summed E-state index contributed by atoms with van der Waals surface area (Å²) in [6.45, 7) is 5.22. The largest absolute Gasteiger partial charge is 0.348 e. The minimum Gasteiger partial charge on any atom is -0.348 e. The number of carbonyl (C=O) groups is 2. The van der Waals surface area contributed by atoms with Gasteiger partial charge in [-0.15, -0.1) is 11.3 Å². The van der Waals surface area contributed by atoms with Crippen LogP contribution in [0.1, 0.15) is 55.9 Å². The number of nitrogens with one attached hydrogen (secondary N) is 2. The molecule has 40 heavy (non-hydrogen) atoms. The lowest BCUT2D eigenvalue weighted by molar-refractivity contribution is 0.0913. The number of nitrogens with zero attached hydrogens (tertiary/aromatic N) is 4. The second-order valence-electron chi connectivity index (χ2n) is 11.1. The number of likely N-dealkylation sites (tertiary alicyclic amines) is 1. The molecule has 1 saturated carbocycles. The lowest BCUT2D eigenvalue weighted by Crippen LogP contribution is -2.50. The van der Waals surface area contributed by atoms with Crippen molar-refractivity contribution in [3.05, 3.63) is 68.3 Å². The van der Waals surface area contributed by atoms with E-state index in [0.717, 1.165) is 35.9 Å². The molecule has 208 valence electrons. The van der Waals surface area contributed by atoms with E-state index in [0.29, 0.717) is 47.7 Å². The number of anilines is 1. The zero-order chi connectivity index (χ0) is 28.0. The lowest BCUT2D eigenvalue weighted by atomic mass is 10.1. The number of fused-ring (bicyclic) bond motifs is 2. The van der Waals surface area contributed by atoms with E-state index < -0.39 is 0 Å². The molecule has 2 aromatic heterocycles. The number of benzene rings is 2. The third-order valence-corrected chi connectivity index (χ3v) is 8.50. The van der Waals surface area contributed by atoms with Crippen LogP contribution in [0, 0.1) is 5.92 Å². The minimum absolute atomic E-state index is 0.120. The topological polar surface area (TPSA) is 118 Å². The van der Waals surface area contributed by atoms with Gasteiger partial charge < -0.3 is 15.5 Å². The molecule has 1 saturated heterocycles. The molecule has 1 atom stereocenters. The van der Waals surface area contributed by atoms with Gasteiger partial charge in [-0.3, -0.25) is 18.7 Å². The van der Waals surface area contributed by atoms with E-state index in [-0.39, 0.29) is 35.3 Å². The van der Waals surface area contributed by atoms with E-state index in [4.69, 9.17) is 0 Å². The van der Waals surface area contributed by atoms with Crippen LogP contribution in [0.2, 0.25) is 0 Å². The maximum absolute atomic E-state index is 13.3. The third kappa shape index (κ3) is 5.13. The molecular weight excluding hydrogens is 528 g/mol. The highest BCUT2D eigenvalue weighted by Crippen LogP contribution is 2.30. The molecule has 11 heteroatoms. The first-order chi connectivity index (χ1) is 19.3. The first kappa shape index (κ1) is 26.2. The number of piperidine rings is 1. The van der Waals surface area contributed by atoms with Crippen LogP contribution in [0.5, 0.6) is 0 Å². The molecule has 2 aromatic carbocycles. The summed E-state index contributed by atoms with van der Waals surface area (Å²) < 4.78 is 3.95. The van der Waals surface area contributed by atoms with E-state index in [9.17, 15) is 19.2 Å². The van der Waals surface area contributed by atoms with Crippen molar-refractivity contribution >= 4 is 50.1 Å². The van der Waals surface area contributed by atoms with Crippen molar-refractivity contribution in [3.63, 3.8) is 0 Å². The van der Waals surface area contributed by atoms with Crippen molar-refractivity contribution in [2.75, 3.05) is 18.4 Å². The summed E-state index contributed by atoms with van der Waals surface area (Å²) in [6.07, 6.45) is 3.60. The fraction of sp³-hybridized carbons (Fsp3) is 0.414. The summed E-state index contributed by atoms with van der Waals surface area (Å²) in [5.74, 6) is 0.199. The van der Waals surface area contributed by atoms with Crippen molar-refractivity contribution in [3.8, 4) is 0 Å². The van der Waals surface area contributed by atoms with Gasteiger partial charge in [0.25, 0.3) is 11.5 Å². The first-order valence-corrected chi connectivity index (χ1v) is 14.7. The van der Waals surface area contributed by atoms with Crippen LogP contribution in [-0.2, 0) is 6.54 Å². The Morgan fingerprint density at radius 2 is 1.93 bits per heavy atom. The van der Waals surface area contributed by atoms with Gasteiger partial charge in [0.1, 0.15) is 0 Å². The monoisotopic (exact) mass is 560 g/mol. The van der Waals surface area contributed by atoms with Gasteiger partial charge in [0.05, 0.1) is 26.6 Å². The van der Waals surface area contributed by atoms with E-state index in [1.165, 1.54) is 15.9 Å². The van der Waals surface area contributed by atoms with Gasteiger partial charge in [0, 0.05) is 43.0 Å². The molecule has 4 aromatic rings. The number of hydrogen-bond acceptors (Lipinski definition) is 6. The van der Waals surface area contributed by atoms with Gasteiger partial charge in [-0.05, 0) is 81.8 Å². The van der Waals surface area contributed by atoms with E-state index >= 15 is 0 Å². The minimum atomic E-state index is -0.322. The number of carbonyl (C=O) groups excluding carboxylic acids is 2. The standard InChI is InChI=1S/C29H32N6O4S/c1-17(2)35-24-10-8-20(13-22(24)27(37)34(29(35)39)14-18-5-6-18)32-28(38)33-11-3-4-21(15-33)31-26(36)19-7-9-23-25(12-19)40-16-30-23/h7-10,12-13,16-18,21H,3-6,11,14-15H2,1-2H3,(H,31,36)(H,32,38)/t21-/m1/s1. The van der Waals surface area contributed by atoms with Crippen molar-refractivity contribution in [1.29, 1.82) is 0 Å². The van der Waals surface area contributed by atoms with E-state index in [2.05, 4.69) is 15.6 Å². The average molecular weight is 561 g/mol. The Hall–Kier alpha value is -3.99. The van der Waals surface area contributed by atoms with Crippen LogP contribution in [0.15, 0.2) is 51.5 Å². The van der Waals surface area contributed by atoms with Gasteiger partial charge in [-0.1, -0.05) is 0 Å². The number of amides is 3. The summed E-state index contributed by atoms with van der Waals surface area (Å²) in [4.78, 5) is 58.5. The van der Waals surface area contributed by atoms with Crippen LogP contribution >= 0.6 is 11.3 Å². The number of hydrogen-bond donors (Lipinski definition) is 2. The van der Waals surface area contributed by atoms with Crippen LogP contribution in [-0.4, -0.2) is 50.1 Å². The molecular formula is C29H32N6O4S. The van der Waals surface area contributed by atoms with Crippen molar-refractivity contribution < 1.29 is 9.59 Å². The zero-order valence-electron chi connectivity index (χ0n) is 22.6. The molecule has 10 nitrogen and oxygen atoms in total. The number of aromatic nitrogens is 3. The summed E-state index contributed by atoms with van der Waals surface area (Å²) in [5, 5.41) is 6.40. The second-order valence-corrected chi connectivity index (χ2v) is 11.9. The molecule has 2 fully saturated rings. The second kappa shape index (κ2) is 10.5. The summed E-state index contributed by atoms with van der Waals surface area (Å²) in [5.41, 5.74) is 3.64.